The Morgan fingerprint density at radius 2 is 1.60 bits per heavy atom. The first-order valence-electron chi connectivity index (χ1n) is 8.87. The van der Waals surface area contributed by atoms with E-state index in [0.717, 1.165) is 0 Å². The number of nitrogens with zero attached hydrogens (tertiary/aromatic N) is 1. The van der Waals surface area contributed by atoms with Gasteiger partial charge in [0.1, 0.15) is 0 Å². The molecular formula is C24H23N. The fourth-order valence-corrected chi connectivity index (χ4v) is 3.51. The van der Waals surface area contributed by atoms with Gasteiger partial charge >= 0.3 is 0 Å². The fourth-order valence-electron chi connectivity index (χ4n) is 3.51. The summed E-state index contributed by atoms with van der Waals surface area (Å²) in [4.78, 5) is 4.82. The Labute approximate surface area is 149 Å². The van der Waals surface area contributed by atoms with Crippen LogP contribution in [0.3, 0.4) is 0 Å². The molecule has 0 N–H and O–H groups in total. The number of fused-ring (bicyclic) bond motifs is 2. The van der Waals surface area contributed by atoms with Crippen molar-refractivity contribution in [2.45, 2.75) is 32.2 Å². The topological polar surface area (TPSA) is 12.4 Å². The number of aliphatic imine (C=N–C) groups is 1. The van der Waals surface area contributed by atoms with Gasteiger partial charge in [-0.05, 0) is 48.2 Å². The van der Waals surface area contributed by atoms with Crippen LogP contribution in [-0.4, -0.2) is 11.8 Å². The van der Waals surface area contributed by atoms with E-state index in [1.54, 1.807) is 0 Å². The molecule has 25 heavy (non-hydrogen) atoms. The predicted molar refractivity (Wildman–Crippen MR) is 109 cm³/mol. The maximum atomic E-state index is 4.82. The highest BCUT2D eigenvalue weighted by molar-refractivity contribution is 6.02. The van der Waals surface area contributed by atoms with E-state index in [0.29, 0.717) is 5.92 Å². The van der Waals surface area contributed by atoms with Crippen molar-refractivity contribution < 1.29 is 0 Å². The molecule has 0 radical (unpaired) electrons. The number of rotatable bonds is 2. The molecule has 1 aliphatic carbocycles. The number of allylic oxidation sites excluding steroid dienone is 1. The van der Waals surface area contributed by atoms with Crippen molar-refractivity contribution in [2.24, 2.45) is 4.99 Å². The SMILES string of the molecule is CC(C)(C)/N=C/c1c(C2C=Cc3ccccc32)ccc2ccccc12. The second-order valence-electron chi connectivity index (χ2n) is 7.68. The van der Waals surface area contributed by atoms with E-state index < -0.39 is 0 Å². The van der Waals surface area contributed by atoms with Crippen molar-refractivity contribution in [1.29, 1.82) is 0 Å². The van der Waals surface area contributed by atoms with E-state index in [-0.39, 0.29) is 5.54 Å². The summed E-state index contributed by atoms with van der Waals surface area (Å²) in [6.07, 6.45) is 6.62. The third-order valence-electron chi connectivity index (χ3n) is 4.72. The van der Waals surface area contributed by atoms with Crippen molar-refractivity contribution in [2.75, 3.05) is 0 Å². The fraction of sp³-hybridized carbons (Fsp3) is 0.208. The third kappa shape index (κ3) is 3.02. The average molecular weight is 325 g/mol. The van der Waals surface area contributed by atoms with Gasteiger partial charge in [0.05, 0.1) is 5.54 Å². The van der Waals surface area contributed by atoms with Crippen LogP contribution in [0.25, 0.3) is 16.8 Å². The minimum absolute atomic E-state index is 0.0857. The number of hydrogen-bond donors (Lipinski definition) is 0. The first-order valence-corrected chi connectivity index (χ1v) is 8.87. The van der Waals surface area contributed by atoms with E-state index in [4.69, 9.17) is 4.99 Å². The standard InChI is InChI=1S/C24H23N/c1-24(2,3)25-16-23-20-11-7-5-9-18(20)13-15-22(23)21-14-12-17-8-4-6-10-19(17)21/h4-16,21H,1-3H3/b25-16+. The van der Waals surface area contributed by atoms with E-state index in [1.807, 2.05) is 0 Å². The molecule has 0 aliphatic heterocycles. The van der Waals surface area contributed by atoms with Gasteiger partial charge in [-0.1, -0.05) is 72.8 Å². The Morgan fingerprint density at radius 1 is 0.840 bits per heavy atom. The van der Waals surface area contributed by atoms with Crippen molar-refractivity contribution in [3.63, 3.8) is 0 Å². The summed E-state index contributed by atoms with van der Waals surface area (Å²) in [5, 5.41) is 2.53. The first kappa shape index (κ1) is 15.8. The van der Waals surface area contributed by atoms with Crippen LogP contribution in [0.4, 0.5) is 0 Å². The van der Waals surface area contributed by atoms with Crippen LogP contribution < -0.4 is 0 Å². The summed E-state index contributed by atoms with van der Waals surface area (Å²) in [6, 6.07) is 21.7. The third-order valence-corrected chi connectivity index (χ3v) is 4.72. The van der Waals surface area contributed by atoms with Crippen molar-refractivity contribution in [1.82, 2.24) is 0 Å². The Hall–Kier alpha value is -2.67. The van der Waals surface area contributed by atoms with Gasteiger partial charge in [0, 0.05) is 17.7 Å². The zero-order valence-corrected chi connectivity index (χ0v) is 15.0. The summed E-state index contributed by atoms with van der Waals surface area (Å²) in [6.45, 7) is 6.41. The molecule has 4 rings (SSSR count). The highest BCUT2D eigenvalue weighted by Crippen LogP contribution is 2.38. The van der Waals surface area contributed by atoms with E-state index in [2.05, 4.69) is 99.8 Å². The van der Waals surface area contributed by atoms with Crippen molar-refractivity contribution in [3.05, 3.63) is 89.0 Å². The second-order valence-corrected chi connectivity index (χ2v) is 7.68. The molecule has 1 heteroatoms. The molecule has 0 fully saturated rings. The maximum absolute atomic E-state index is 4.82. The molecule has 1 nitrogen and oxygen atoms in total. The van der Waals surface area contributed by atoms with Gasteiger partial charge in [-0.15, -0.1) is 0 Å². The van der Waals surface area contributed by atoms with Crippen LogP contribution in [0.1, 0.15) is 48.9 Å². The van der Waals surface area contributed by atoms with Crippen LogP contribution >= 0.6 is 0 Å². The van der Waals surface area contributed by atoms with Crippen LogP contribution in [0, 0.1) is 0 Å². The Morgan fingerprint density at radius 3 is 2.44 bits per heavy atom. The second kappa shape index (κ2) is 6.00. The Bertz CT molecular complexity index is 986. The Kier molecular flexibility index (Phi) is 3.80. The van der Waals surface area contributed by atoms with Gasteiger partial charge in [-0.3, -0.25) is 4.99 Å². The number of hydrogen-bond acceptors (Lipinski definition) is 1. The molecule has 0 amide bonds. The molecule has 3 aromatic carbocycles. The largest absolute Gasteiger partial charge is 0.287 e. The van der Waals surface area contributed by atoms with Crippen LogP contribution in [0.5, 0.6) is 0 Å². The van der Waals surface area contributed by atoms with Gasteiger partial charge in [0.2, 0.25) is 0 Å². The van der Waals surface area contributed by atoms with Gasteiger partial charge < -0.3 is 0 Å². The zero-order chi connectivity index (χ0) is 17.4. The first-order chi connectivity index (χ1) is 12.0. The molecule has 3 aromatic rings. The Balaban J connectivity index is 1.93. The van der Waals surface area contributed by atoms with Crippen LogP contribution in [-0.2, 0) is 0 Å². The van der Waals surface area contributed by atoms with Crippen molar-refractivity contribution in [3.8, 4) is 0 Å². The lowest BCUT2D eigenvalue weighted by molar-refractivity contribution is 0.586. The lowest BCUT2D eigenvalue weighted by Crippen LogP contribution is -2.11. The summed E-state index contributed by atoms with van der Waals surface area (Å²) in [7, 11) is 0. The highest BCUT2D eigenvalue weighted by Gasteiger charge is 2.22. The monoisotopic (exact) mass is 325 g/mol. The summed E-state index contributed by atoms with van der Waals surface area (Å²) < 4.78 is 0. The lowest BCUT2D eigenvalue weighted by Gasteiger charge is -2.18. The molecule has 0 spiro atoms. The van der Waals surface area contributed by atoms with Gasteiger partial charge in [0.15, 0.2) is 0 Å². The molecule has 0 bridgehead atoms. The molecule has 0 aromatic heterocycles. The molecule has 1 aliphatic rings. The number of benzene rings is 3. The summed E-state index contributed by atoms with van der Waals surface area (Å²) in [5.74, 6) is 0.294. The van der Waals surface area contributed by atoms with Gasteiger partial charge in [0.25, 0.3) is 0 Å². The molecule has 1 unspecified atom stereocenters. The zero-order valence-electron chi connectivity index (χ0n) is 15.0. The van der Waals surface area contributed by atoms with Crippen molar-refractivity contribution >= 4 is 23.1 Å². The quantitative estimate of drug-likeness (QED) is 0.496. The minimum atomic E-state index is -0.0857. The molecular weight excluding hydrogens is 302 g/mol. The lowest BCUT2D eigenvalue weighted by atomic mass is 9.87. The molecule has 124 valence electrons. The predicted octanol–water partition coefficient (Wildman–Crippen LogP) is 6.22. The van der Waals surface area contributed by atoms with Gasteiger partial charge in [-0.25, -0.2) is 0 Å². The molecule has 0 heterocycles. The normalized spacial score (nSPS) is 16.7. The summed E-state index contributed by atoms with van der Waals surface area (Å²) in [5.41, 5.74) is 5.17. The van der Waals surface area contributed by atoms with E-state index >= 15 is 0 Å². The van der Waals surface area contributed by atoms with Crippen LogP contribution in [0.2, 0.25) is 0 Å². The summed E-state index contributed by atoms with van der Waals surface area (Å²) >= 11 is 0. The maximum Gasteiger partial charge on any atom is 0.0524 e. The van der Waals surface area contributed by atoms with E-state index in [9.17, 15) is 0 Å². The van der Waals surface area contributed by atoms with E-state index in [1.165, 1.54) is 33.0 Å². The molecule has 1 atom stereocenters. The molecule has 0 saturated carbocycles. The minimum Gasteiger partial charge on any atom is -0.287 e. The molecule has 0 saturated heterocycles. The highest BCUT2D eigenvalue weighted by atomic mass is 14.8. The van der Waals surface area contributed by atoms with Gasteiger partial charge in [-0.2, -0.15) is 0 Å². The van der Waals surface area contributed by atoms with Crippen LogP contribution in [0.15, 0.2) is 71.7 Å². The smallest absolute Gasteiger partial charge is 0.0524 e. The average Bonchev–Trinajstić information content (AvgIpc) is 3.02.